The molecule has 2 heterocycles. The molecule has 0 bridgehead atoms. The SMILES string of the molecule is Cc1c(C(=O)NCCCCCO)cnn1-c1nc(-c2cccc(C(F)(F)F)c2)cs1. The number of benzene rings is 1. The Hall–Kier alpha value is -2.72. The molecule has 0 unspecified atom stereocenters. The molecular formula is C20H21F3N4O2S. The number of amides is 1. The first-order valence-electron chi connectivity index (χ1n) is 9.38. The van der Waals surface area contributed by atoms with Crippen LogP contribution in [0.2, 0.25) is 0 Å². The molecular weight excluding hydrogens is 417 g/mol. The molecule has 0 fully saturated rings. The number of alkyl halides is 3. The number of nitrogens with one attached hydrogen (secondary N) is 1. The molecule has 2 N–H and O–H groups in total. The first-order chi connectivity index (χ1) is 14.3. The molecule has 0 aliphatic carbocycles. The van der Waals surface area contributed by atoms with E-state index in [-0.39, 0.29) is 12.5 Å². The van der Waals surface area contributed by atoms with Gasteiger partial charge in [0.1, 0.15) is 0 Å². The van der Waals surface area contributed by atoms with E-state index in [2.05, 4.69) is 15.4 Å². The number of thiazole rings is 1. The summed E-state index contributed by atoms with van der Waals surface area (Å²) in [6.45, 7) is 2.37. The van der Waals surface area contributed by atoms with Crippen molar-refractivity contribution in [2.24, 2.45) is 0 Å². The highest BCUT2D eigenvalue weighted by atomic mass is 32.1. The van der Waals surface area contributed by atoms with Gasteiger partial charge < -0.3 is 10.4 Å². The summed E-state index contributed by atoms with van der Waals surface area (Å²) in [7, 11) is 0. The molecule has 6 nitrogen and oxygen atoms in total. The molecule has 30 heavy (non-hydrogen) atoms. The van der Waals surface area contributed by atoms with Crippen LogP contribution in [-0.4, -0.2) is 38.9 Å². The Bertz CT molecular complexity index is 1010. The molecule has 0 aliphatic rings. The molecule has 2 aromatic heterocycles. The van der Waals surface area contributed by atoms with Gasteiger partial charge >= 0.3 is 6.18 Å². The lowest BCUT2D eigenvalue weighted by Gasteiger charge is -2.07. The van der Waals surface area contributed by atoms with Crippen LogP contribution in [0.5, 0.6) is 0 Å². The van der Waals surface area contributed by atoms with Crippen LogP contribution in [0.25, 0.3) is 16.4 Å². The predicted octanol–water partition coefficient (Wildman–Crippen LogP) is 4.22. The third-order valence-electron chi connectivity index (χ3n) is 4.53. The zero-order valence-electron chi connectivity index (χ0n) is 16.2. The molecule has 1 amide bonds. The largest absolute Gasteiger partial charge is 0.416 e. The van der Waals surface area contributed by atoms with Crippen LogP contribution < -0.4 is 5.32 Å². The standard InChI is InChI=1S/C20H21F3N4O2S/c1-13-16(18(29)24-8-3-2-4-9-28)11-25-27(13)19-26-17(12-30-19)14-6-5-7-15(10-14)20(21,22)23/h5-7,10-12,28H,2-4,8-9H2,1H3,(H,24,29). The minimum absolute atomic E-state index is 0.135. The Morgan fingerprint density at radius 3 is 2.80 bits per heavy atom. The summed E-state index contributed by atoms with van der Waals surface area (Å²) in [5, 5.41) is 17.9. The Balaban J connectivity index is 1.74. The summed E-state index contributed by atoms with van der Waals surface area (Å²) in [5.41, 5.74) is 1.03. The van der Waals surface area contributed by atoms with Crippen molar-refractivity contribution in [2.45, 2.75) is 32.4 Å². The lowest BCUT2D eigenvalue weighted by atomic mass is 10.1. The van der Waals surface area contributed by atoms with Crippen molar-refractivity contribution in [3.8, 4) is 16.4 Å². The smallest absolute Gasteiger partial charge is 0.396 e. The van der Waals surface area contributed by atoms with Gasteiger partial charge in [-0.05, 0) is 38.3 Å². The van der Waals surface area contributed by atoms with Crippen molar-refractivity contribution in [3.63, 3.8) is 0 Å². The van der Waals surface area contributed by atoms with Gasteiger partial charge in [0.15, 0.2) is 0 Å². The average molecular weight is 438 g/mol. The number of unbranched alkanes of at least 4 members (excludes halogenated alkanes) is 2. The number of nitrogens with zero attached hydrogens (tertiary/aromatic N) is 3. The van der Waals surface area contributed by atoms with Crippen LogP contribution in [0.4, 0.5) is 13.2 Å². The fourth-order valence-corrected chi connectivity index (χ4v) is 3.73. The van der Waals surface area contributed by atoms with E-state index in [1.165, 1.54) is 28.3 Å². The van der Waals surface area contributed by atoms with E-state index in [4.69, 9.17) is 5.11 Å². The minimum Gasteiger partial charge on any atom is -0.396 e. The van der Waals surface area contributed by atoms with Gasteiger partial charge in [0.2, 0.25) is 5.13 Å². The number of carbonyl (C=O) groups excluding carboxylic acids is 1. The molecule has 0 saturated carbocycles. The van der Waals surface area contributed by atoms with Crippen molar-refractivity contribution in [1.82, 2.24) is 20.1 Å². The molecule has 0 radical (unpaired) electrons. The van der Waals surface area contributed by atoms with Gasteiger partial charge in [-0.3, -0.25) is 4.79 Å². The van der Waals surface area contributed by atoms with Crippen molar-refractivity contribution in [1.29, 1.82) is 0 Å². The van der Waals surface area contributed by atoms with Crippen LogP contribution in [-0.2, 0) is 6.18 Å². The Labute approximate surface area is 175 Å². The van der Waals surface area contributed by atoms with Gasteiger partial charge in [0.25, 0.3) is 5.91 Å². The van der Waals surface area contributed by atoms with Crippen LogP contribution in [0.1, 0.15) is 40.9 Å². The fraction of sp³-hybridized carbons (Fsp3) is 0.350. The van der Waals surface area contributed by atoms with Crippen molar-refractivity contribution in [2.75, 3.05) is 13.2 Å². The normalized spacial score (nSPS) is 11.6. The highest BCUT2D eigenvalue weighted by molar-refractivity contribution is 7.12. The summed E-state index contributed by atoms with van der Waals surface area (Å²) in [4.78, 5) is 16.8. The molecule has 0 saturated heterocycles. The van der Waals surface area contributed by atoms with E-state index in [9.17, 15) is 18.0 Å². The molecule has 3 rings (SSSR count). The summed E-state index contributed by atoms with van der Waals surface area (Å²) < 4.78 is 40.4. The third-order valence-corrected chi connectivity index (χ3v) is 5.35. The maximum absolute atomic E-state index is 13.0. The van der Waals surface area contributed by atoms with E-state index < -0.39 is 11.7 Å². The summed E-state index contributed by atoms with van der Waals surface area (Å²) in [5.74, 6) is -0.252. The number of hydrogen-bond donors (Lipinski definition) is 2. The zero-order valence-corrected chi connectivity index (χ0v) is 17.1. The van der Waals surface area contributed by atoms with Gasteiger partial charge in [-0.15, -0.1) is 11.3 Å². The highest BCUT2D eigenvalue weighted by Gasteiger charge is 2.30. The number of hydrogen-bond acceptors (Lipinski definition) is 5. The lowest BCUT2D eigenvalue weighted by molar-refractivity contribution is -0.137. The van der Waals surface area contributed by atoms with Crippen LogP contribution in [0.15, 0.2) is 35.8 Å². The Kier molecular flexibility index (Phi) is 6.88. The molecule has 160 valence electrons. The van der Waals surface area contributed by atoms with Crippen molar-refractivity contribution in [3.05, 3.63) is 52.7 Å². The van der Waals surface area contributed by atoms with Crippen LogP contribution in [0.3, 0.4) is 0 Å². The van der Waals surface area contributed by atoms with Crippen molar-refractivity contribution >= 4 is 17.2 Å². The third kappa shape index (κ3) is 5.06. The number of carbonyl (C=O) groups is 1. The molecule has 0 spiro atoms. The van der Waals surface area contributed by atoms with E-state index in [1.807, 2.05) is 0 Å². The summed E-state index contributed by atoms with van der Waals surface area (Å²) in [6, 6.07) is 4.99. The second kappa shape index (κ2) is 9.40. The topological polar surface area (TPSA) is 80.0 Å². The molecule has 3 aromatic rings. The first kappa shape index (κ1) is 22.0. The van der Waals surface area contributed by atoms with Gasteiger partial charge in [0.05, 0.1) is 28.7 Å². The first-order valence-corrected chi connectivity index (χ1v) is 10.3. The number of aliphatic hydroxyl groups excluding tert-OH is 1. The average Bonchev–Trinajstić information content (AvgIpc) is 3.34. The Morgan fingerprint density at radius 1 is 1.27 bits per heavy atom. The van der Waals surface area contributed by atoms with Crippen molar-refractivity contribution < 1.29 is 23.1 Å². The molecule has 0 atom stereocenters. The minimum atomic E-state index is -4.42. The predicted molar refractivity (Wildman–Crippen MR) is 108 cm³/mol. The quantitative estimate of drug-likeness (QED) is 0.516. The van der Waals surface area contributed by atoms with E-state index >= 15 is 0 Å². The van der Waals surface area contributed by atoms with E-state index in [1.54, 1.807) is 18.4 Å². The number of aromatic nitrogens is 3. The highest BCUT2D eigenvalue weighted by Crippen LogP contribution is 2.33. The molecule has 10 heteroatoms. The molecule has 1 aromatic carbocycles. The van der Waals surface area contributed by atoms with E-state index in [0.29, 0.717) is 40.6 Å². The second-order valence-corrected chi connectivity index (χ2v) is 7.53. The van der Waals surface area contributed by atoms with Gasteiger partial charge in [0, 0.05) is 24.1 Å². The zero-order chi connectivity index (χ0) is 21.7. The summed E-state index contributed by atoms with van der Waals surface area (Å²) in [6.07, 6.45) is -0.679. The maximum atomic E-state index is 13.0. The van der Waals surface area contributed by atoms with Gasteiger partial charge in [-0.2, -0.15) is 18.3 Å². The Morgan fingerprint density at radius 2 is 2.07 bits per heavy atom. The van der Waals surface area contributed by atoms with E-state index in [0.717, 1.165) is 25.0 Å². The van der Waals surface area contributed by atoms with Gasteiger partial charge in [-0.25, -0.2) is 9.67 Å². The monoisotopic (exact) mass is 438 g/mol. The number of rotatable bonds is 8. The number of aliphatic hydroxyl groups is 1. The van der Waals surface area contributed by atoms with Crippen LogP contribution >= 0.6 is 11.3 Å². The molecule has 0 aliphatic heterocycles. The number of halogens is 3. The lowest BCUT2D eigenvalue weighted by Crippen LogP contribution is -2.25. The second-order valence-electron chi connectivity index (χ2n) is 6.69. The summed E-state index contributed by atoms with van der Waals surface area (Å²) >= 11 is 1.23. The fourth-order valence-electron chi connectivity index (χ4n) is 2.89. The van der Waals surface area contributed by atoms with Gasteiger partial charge in [-0.1, -0.05) is 12.1 Å². The van der Waals surface area contributed by atoms with Crippen LogP contribution in [0, 0.1) is 6.92 Å². The maximum Gasteiger partial charge on any atom is 0.416 e.